The lowest BCUT2D eigenvalue weighted by molar-refractivity contribution is -0.676. The average Bonchev–Trinajstić information content (AvgIpc) is 2.97. The summed E-state index contributed by atoms with van der Waals surface area (Å²) in [6.45, 7) is 0.890. The fourth-order valence-corrected chi connectivity index (χ4v) is 3.43. The number of nitrogens with zero attached hydrogens (tertiary/aromatic N) is 2. The maximum Gasteiger partial charge on any atom is 0.647 e. The Hall–Kier alpha value is -2.75. The first-order valence-corrected chi connectivity index (χ1v) is 7.53. The van der Waals surface area contributed by atoms with Crippen LogP contribution in [0.5, 0.6) is 5.75 Å². The first-order chi connectivity index (χ1) is 10.9. The van der Waals surface area contributed by atoms with Crippen molar-refractivity contribution in [3.63, 3.8) is 0 Å². The van der Waals surface area contributed by atoms with Gasteiger partial charge in [-0.3, -0.25) is 0 Å². The number of pyridine rings is 1. The second-order valence-electron chi connectivity index (χ2n) is 5.70. The Morgan fingerprint density at radius 2 is 1.77 bits per heavy atom. The van der Waals surface area contributed by atoms with Gasteiger partial charge in [0, 0.05) is 17.1 Å². The molecule has 22 heavy (non-hydrogen) atoms. The molecule has 3 heterocycles. The molecule has 2 aliphatic heterocycles. The molecule has 0 N–H and O–H groups in total. The zero-order valence-corrected chi connectivity index (χ0v) is 12.0. The smallest absolute Gasteiger partial charge is 0.514 e. The van der Waals surface area contributed by atoms with Crippen LogP contribution in [0.1, 0.15) is 5.56 Å². The Balaban J connectivity index is 1.75. The number of rotatable bonds is 1. The first-order valence-electron chi connectivity index (χ1n) is 7.53. The number of anilines is 2. The van der Waals surface area contributed by atoms with E-state index < -0.39 is 0 Å². The summed E-state index contributed by atoms with van der Waals surface area (Å²) >= 11 is 0. The molecule has 2 aliphatic rings. The molecule has 3 nitrogen and oxygen atoms in total. The maximum atomic E-state index is 6.29. The quantitative estimate of drug-likeness (QED) is 0.504. The molecular formula is C18H14BN2O+. The van der Waals surface area contributed by atoms with Crippen LogP contribution in [0.4, 0.5) is 11.5 Å². The van der Waals surface area contributed by atoms with E-state index in [1.54, 1.807) is 0 Å². The van der Waals surface area contributed by atoms with Gasteiger partial charge in [0.1, 0.15) is 12.3 Å². The van der Waals surface area contributed by atoms with E-state index >= 15 is 0 Å². The topological polar surface area (TPSA) is 16.4 Å². The van der Waals surface area contributed by atoms with Crippen LogP contribution in [-0.2, 0) is 6.54 Å². The van der Waals surface area contributed by atoms with Gasteiger partial charge in [0.2, 0.25) is 0 Å². The molecule has 0 radical (unpaired) electrons. The van der Waals surface area contributed by atoms with E-state index in [9.17, 15) is 0 Å². The van der Waals surface area contributed by atoms with Crippen molar-refractivity contribution >= 4 is 24.0 Å². The lowest BCUT2D eigenvalue weighted by atomic mass is 9.71. The molecule has 0 atom stereocenters. The molecule has 5 rings (SSSR count). The van der Waals surface area contributed by atoms with Gasteiger partial charge >= 0.3 is 7.05 Å². The van der Waals surface area contributed by atoms with E-state index in [2.05, 4.69) is 76.2 Å². The second kappa shape index (κ2) is 4.37. The molecule has 0 fully saturated rings. The summed E-state index contributed by atoms with van der Waals surface area (Å²) < 4.78 is 8.56. The van der Waals surface area contributed by atoms with Crippen LogP contribution in [0.15, 0.2) is 72.9 Å². The van der Waals surface area contributed by atoms with E-state index in [1.165, 1.54) is 22.5 Å². The van der Waals surface area contributed by atoms with Gasteiger partial charge in [0.25, 0.3) is 5.82 Å². The summed E-state index contributed by atoms with van der Waals surface area (Å²) in [4.78, 5) is 2.31. The molecule has 0 amide bonds. The van der Waals surface area contributed by atoms with Gasteiger partial charge in [0.05, 0.1) is 6.20 Å². The summed E-state index contributed by atoms with van der Waals surface area (Å²) in [6.07, 6.45) is 2.13. The standard InChI is InChI=1S/C18H14BN2O/c1-2-8-15(9-3-1)19-21-17-11-4-5-12-20(17)13-14-7-6-10-16(22-19)18(14)21/h1-12H,13H2/q+1. The molecule has 0 spiro atoms. The number of benzene rings is 2. The fraction of sp³-hybridized carbons (Fsp3) is 0.0556. The van der Waals surface area contributed by atoms with Crippen molar-refractivity contribution in [3.8, 4) is 5.75 Å². The lowest BCUT2D eigenvalue weighted by Crippen LogP contribution is -2.54. The first kappa shape index (κ1) is 11.9. The van der Waals surface area contributed by atoms with Crippen LogP contribution in [0, 0.1) is 0 Å². The van der Waals surface area contributed by atoms with E-state index in [0.29, 0.717) is 0 Å². The van der Waals surface area contributed by atoms with Crippen molar-refractivity contribution < 1.29 is 9.22 Å². The number of hydrogen-bond donors (Lipinski definition) is 0. The van der Waals surface area contributed by atoms with Gasteiger partial charge in [-0.25, -0.2) is 9.38 Å². The molecule has 0 saturated heterocycles. The third-order valence-electron chi connectivity index (χ3n) is 4.39. The fourth-order valence-electron chi connectivity index (χ4n) is 3.43. The molecule has 2 aromatic carbocycles. The summed E-state index contributed by atoms with van der Waals surface area (Å²) in [6, 6.07) is 23.0. The van der Waals surface area contributed by atoms with E-state index in [-0.39, 0.29) is 7.05 Å². The Kier molecular flexibility index (Phi) is 2.36. The normalized spacial score (nSPS) is 14.4. The molecular weight excluding hydrogens is 271 g/mol. The average molecular weight is 285 g/mol. The minimum absolute atomic E-state index is 0.105. The van der Waals surface area contributed by atoms with Gasteiger partial charge < -0.3 is 4.65 Å². The van der Waals surface area contributed by atoms with Crippen LogP contribution in [-0.4, -0.2) is 7.05 Å². The molecule has 4 heteroatoms. The summed E-state index contributed by atoms with van der Waals surface area (Å²) in [5.41, 5.74) is 3.68. The van der Waals surface area contributed by atoms with Crippen molar-refractivity contribution in [2.45, 2.75) is 6.54 Å². The van der Waals surface area contributed by atoms with Crippen LogP contribution in [0.25, 0.3) is 0 Å². The Morgan fingerprint density at radius 1 is 0.909 bits per heavy atom. The van der Waals surface area contributed by atoms with E-state index in [1.807, 2.05) is 6.07 Å². The molecule has 1 aromatic heterocycles. The van der Waals surface area contributed by atoms with Gasteiger partial charge in [0.15, 0.2) is 5.69 Å². The summed E-state index contributed by atoms with van der Waals surface area (Å²) in [5, 5.41) is 0. The second-order valence-corrected chi connectivity index (χ2v) is 5.70. The minimum atomic E-state index is -0.105. The predicted molar refractivity (Wildman–Crippen MR) is 86.8 cm³/mol. The Bertz CT molecular complexity index is 866. The van der Waals surface area contributed by atoms with Crippen molar-refractivity contribution in [2.75, 3.05) is 4.81 Å². The summed E-state index contributed by atoms with van der Waals surface area (Å²) in [5.74, 6) is 2.15. The predicted octanol–water partition coefficient (Wildman–Crippen LogP) is 2.26. The number of hydrogen-bond acceptors (Lipinski definition) is 2. The highest BCUT2D eigenvalue weighted by molar-refractivity contribution is 6.74. The zero-order valence-electron chi connectivity index (χ0n) is 12.0. The largest absolute Gasteiger partial charge is 0.647 e. The van der Waals surface area contributed by atoms with Crippen LogP contribution in [0.2, 0.25) is 0 Å². The molecule has 0 saturated carbocycles. The molecule has 0 aliphatic carbocycles. The maximum absolute atomic E-state index is 6.29. The molecule has 0 bridgehead atoms. The van der Waals surface area contributed by atoms with Crippen molar-refractivity contribution in [1.29, 1.82) is 0 Å². The van der Waals surface area contributed by atoms with Crippen molar-refractivity contribution in [1.82, 2.24) is 0 Å². The van der Waals surface area contributed by atoms with Gasteiger partial charge in [-0.15, -0.1) is 0 Å². The number of para-hydroxylation sites is 1. The van der Waals surface area contributed by atoms with Crippen LogP contribution >= 0.6 is 0 Å². The molecule has 104 valence electrons. The monoisotopic (exact) mass is 285 g/mol. The van der Waals surface area contributed by atoms with Crippen LogP contribution < -0.4 is 19.5 Å². The van der Waals surface area contributed by atoms with Crippen molar-refractivity contribution in [3.05, 3.63) is 78.5 Å². The highest BCUT2D eigenvalue weighted by Gasteiger charge is 2.51. The zero-order chi connectivity index (χ0) is 14.5. The number of aromatic nitrogens is 1. The van der Waals surface area contributed by atoms with Crippen molar-refractivity contribution in [2.24, 2.45) is 0 Å². The third-order valence-corrected chi connectivity index (χ3v) is 4.39. The minimum Gasteiger partial charge on any atom is -0.514 e. The Morgan fingerprint density at radius 3 is 2.68 bits per heavy atom. The molecule has 0 unspecified atom stereocenters. The van der Waals surface area contributed by atoms with E-state index in [4.69, 9.17) is 4.65 Å². The highest BCUT2D eigenvalue weighted by atomic mass is 16.5. The molecule has 3 aromatic rings. The SMILES string of the molecule is c1ccc(B2Oc3cccc4c3N2c2cccc[n+]2C4)cc1. The van der Waals surface area contributed by atoms with Gasteiger partial charge in [-0.2, -0.15) is 0 Å². The number of fused-ring (bicyclic) bond motifs is 2. The summed E-state index contributed by atoms with van der Waals surface area (Å²) in [7, 11) is -0.105. The van der Waals surface area contributed by atoms with Crippen LogP contribution in [0.3, 0.4) is 0 Å². The van der Waals surface area contributed by atoms with Gasteiger partial charge in [-0.1, -0.05) is 48.5 Å². The third kappa shape index (κ3) is 1.55. The lowest BCUT2D eigenvalue weighted by Gasteiger charge is -2.23. The Labute approximate surface area is 129 Å². The van der Waals surface area contributed by atoms with Gasteiger partial charge in [-0.05, 0) is 12.1 Å². The van der Waals surface area contributed by atoms with E-state index in [0.717, 1.165) is 12.3 Å². The highest BCUT2D eigenvalue weighted by Crippen LogP contribution is 2.43.